The fourth-order valence-corrected chi connectivity index (χ4v) is 3.29. The minimum atomic E-state index is 0.187. The van der Waals surface area contributed by atoms with Crippen molar-refractivity contribution in [2.45, 2.75) is 38.8 Å². The number of nitrogens with zero attached hydrogens (tertiary/aromatic N) is 3. The third-order valence-electron chi connectivity index (χ3n) is 4.60. The molecular formula is C18H22N4O. The standard InChI is InChI=1S/C18H22N4O/c1-13(18-21-20-17-8-4-5-9-22(17)18)19-11-14-10-15-6-2-3-7-16(15)23-12-14/h2-3,6-7,10,13,19H,4-5,8-9,11-12H2,1H3/t13-/m0/s1. The van der Waals surface area contributed by atoms with Crippen molar-refractivity contribution >= 4 is 6.08 Å². The van der Waals surface area contributed by atoms with Gasteiger partial charge in [-0.25, -0.2) is 0 Å². The Hall–Kier alpha value is -2.14. The molecule has 1 aromatic carbocycles. The summed E-state index contributed by atoms with van der Waals surface area (Å²) in [6.07, 6.45) is 5.72. The van der Waals surface area contributed by atoms with E-state index in [1.807, 2.05) is 18.2 Å². The zero-order valence-electron chi connectivity index (χ0n) is 13.5. The summed E-state index contributed by atoms with van der Waals surface area (Å²) in [5.41, 5.74) is 2.41. The summed E-state index contributed by atoms with van der Waals surface area (Å²) in [5.74, 6) is 3.15. The van der Waals surface area contributed by atoms with Crippen LogP contribution in [-0.4, -0.2) is 27.9 Å². The lowest BCUT2D eigenvalue weighted by Gasteiger charge is -2.21. The number of benzene rings is 1. The van der Waals surface area contributed by atoms with Gasteiger partial charge in [0.25, 0.3) is 0 Å². The van der Waals surface area contributed by atoms with Crippen LogP contribution < -0.4 is 10.1 Å². The summed E-state index contributed by atoms with van der Waals surface area (Å²) in [5, 5.41) is 12.3. The molecule has 0 spiro atoms. The minimum Gasteiger partial charge on any atom is -0.489 e. The van der Waals surface area contributed by atoms with Crippen molar-refractivity contribution in [1.82, 2.24) is 20.1 Å². The quantitative estimate of drug-likeness (QED) is 0.943. The average Bonchev–Trinajstić information content (AvgIpc) is 3.03. The zero-order chi connectivity index (χ0) is 15.6. The third-order valence-corrected chi connectivity index (χ3v) is 4.60. The first-order valence-electron chi connectivity index (χ1n) is 8.38. The molecule has 0 fully saturated rings. The van der Waals surface area contributed by atoms with Crippen LogP contribution in [0.15, 0.2) is 29.8 Å². The molecule has 1 atom stereocenters. The van der Waals surface area contributed by atoms with Crippen LogP contribution in [0.2, 0.25) is 0 Å². The van der Waals surface area contributed by atoms with Gasteiger partial charge in [-0.3, -0.25) is 0 Å². The largest absolute Gasteiger partial charge is 0.489 e. The lowest BCUT2D eigenvalue weighted by Crippen LogP contribution is -2.27. The van der Waals surface area contributed by atoms with Gasteiger partial charge in [0.1, 0.15) is 24.0 Å². The second-order valence-electron chi connectivity index (χ2n) is 6.31. The van der Waals surface area contributed by atoms with E-state index in [1.54, 1.807) is 0 Å². The summed E-state index contributed by atoms with van der Waals surface area (Å²) in [4.78, 5) is 0. The second-order valence-corrected chi connectivity index (χ2v) is 6.31. The van der Waals surface area contributed by atoms with Crippen LogP contribution in [0.5, 0.6) is 5.75 Å². The summed E-state index contributed by atoms with van der Waals surface area (Å²) in [6, 6.07) is 8.34. The van der Waals surface area contributed by atoms with Gasteiger partial charge in [-0.15, -0.1) is 10.2 Å². The van der Waals surface area contributed by atoms with Crippen LogP contribution in [0.1, 0.15) is 43.0 Å². The number of para-hydroxylation sites is 1. The van der Waals surface area contributed by atoms with E-state index < -0.39 is 0 Å². The minimum absolute atomic E-state index is 0.187. The number of aromatic nitrogens is 3. The van der Waals surface area contributed by atoms with Crippen molar-refractivity contribution in [3.63, 3.8) is 0 Å². The molecule has 0 bridgehead atoms. The van der Waals surface area contributed by atoms with Crippen LogP contribution >= 0.6 is 0 Å². The fraction of sp³-hybridized carbons (Fsp3) is 0.444. The lowest BCUT2D eigenvalue weighted by atomic mass is 10.1. The number of hydrogen-bond acceptors (Lipinski definition) is 4. The highest BCUT2D eigenvalue weighted by Gasteiger charge is 2.20. The highest BCUT2D eigenvalue weighted by molar-refractivity contribution is 5.62. The Kier molecular flexibility index (Phi) is 3.87. The zero-order valence-corrected chi connectivity index (χ0v) is 13.5. The topological polar surface area (TPSA) is 52.0 Å². The number of aryl methyl sites for hydroxylation is 1. The van der Waals surface area contributed by atoms with Crippen molar-refractivity contribution in [2.24, 2.45) is 0 Å². The van der Waals surface area contributed by atoms with Crippen molar-refractivity contribution in [3.8, 4) is 5.75 Å². The Balaban J connectivity index is 1.43. The molecule has 1 aromatic heterocycles. The van der Waals surface area contributed by atoms with Crippen molar-refractivity contribution in [2.75, 3.05) is 13.2 Å². The van der Waals surface area contributed by atoms with Gasteiger partial charge in [-0.2, -0.15) is 0 Å². The van der Waals surface area contributed by atoms with Crippen LogP contribution in [0, 0.1) is 0 Å². The molecule has 0 aliphatic carbocycles. The van der Waals surface area contributed by atoms with E-state index in [-0.39, 0.29) is 6.04 Å². The van der Waals surface area contributed by atoms with Crippen molar-refractivity contribution in [3.05, 3.63) is 47.1 Å². The molecule has 2 aliphatic heterocycles. The van der Waals surface area contributed by atoms with Crippen LogP contribution in [0.4, 0.5) is 0 Å². The smallest absolute Gasteiger partial charge is 0.149 e. The Morgan fingerprint density at radius 2 is 2.17 bits per heavy atom. The molecule has 2 aromatic rings. The summed E-state index contributed by atoms with van der Waals surface area (Å²) < 4.78 is 8.09. The van der Waals surface area contributed by atoms with E-state index in [4.69, 9.17) is 4.74 Å². The van der Waals surface area contributed by atoms with Crippen molar-refractivity contribution < 1.29 is 4.74 Å². The van der Waals surface area contributed by atoms with E-state index in [0.717, 1.165) is 42.5 Å². The Bertz CT molecular complexity index is 734. The van der Waals surface area contributed by atoms with E-state index in [2.05, 4.69) is 39.1 Å². The number of hydrogen-bond donors (Lipinski definition) is 1. The maximum absolute atomic E-state index is 5.81. The molecule has 120 valence electrons. The summed E-state index contributed by atoms with van der Waals surface area (Å²) in [6.45, 7) is 4.65. The first kappa shape index (κ1) is 14.5. The maximum Gasteiger partial charge on any atom is 0.149 e. The Morgan fingerprint density at radius 3 is 3.13 bits per heavy atom. The van der Waals surface area contributed by atoms with Gasteiger partial charge >= 0.3 is 0 Å². The van der Waals surface area contributed by atoms with E-state index in [9.17, 15) is 0 Å². The molecule has 23 heavy (non-hydrogen) atoms. The molecule has 0 unspecified atom stereocenters. The first-order valence-corrected chi connectivity index (χ1v) is 8.38. The summed E-state index contributed by atoms with van der Waals surface area (Å²) in [7, 11) is 0. The Labute approximate surface area is 136 Å². The first-order chi connectivity index (χ1) is 11.3. The molecule has 0 amide bonds. The molecule has 3 heterocycles. The predicted octanol–water partition coefficient (Wildman–Crippen LogP) is 2.74. The molecule has 0 saturated heterocycles. The number of ether oxygens (including phenoxy) is 1. The molecule has 0 saturated carbocycles. The van der Waals surface area contributed by atoms with Gasteiger partial charge in [-0.1, -0.05) is 18.2 Å². The molecule has 2 aliphatic rings. The van der Waals surface area contributed by atoms with Gasteiger partial charge in [0.2, 0.25) is 0 Å². The highest BCUT2D eigenvalue weighted by Crippen LogP contribution is 2.26. The Morgan fingerprint density at radius 1 is 1.26 bits per heavy atom. The molecule has 5 nitrogen and oxygen atoms in total. The normalized spacial score (nSPS) is 17.7. The number of nitrogens with one attached hydrogen (secondary N) is 1. The van der Waals surface area contributed by atoms with Crippen molar-refractivity contribution in [1.29, 1.82) is 0 Å². The van der Waals surface area contributed by atoms with Gasteiger partial charge < -0.3 is 14.6 Å². The van der Waals surface area contributed by atoms with Gasteiger partial charge in [0, 0.05) is 25.1 Å². The predicted molar refractivity (Wildman–Crippen MR) is 89.3 cm³/mol. The van der Waals surface area contributed by atoms with Crippen LogP contribution in [0.25, 0.3) is 6.08 Å². The monoisotopic (exact) mass is 310 g/mol. The third kappa shape index (κ3) is 2.88. The van der Waals surface area contributed by atoms with Crippen LogP contribution in [0.3, 0.4) is 0 Å². The second kappa shape index (κ2) is 6.16. The number of fused-ring (bicyclic) bond motifs is 2. The van der Waals surface area contributed by atoms with E-state index in [0.29, 0.717) is 6.61 Å². The molecule has 0 radical (unpaired) electrons. The van der Waals surface area contributed by atoms with Crippen LogP contribution in [-0.2, 0) is 13.0 Å². The molecule has 5 heteroatoms. The average molecular weight is 310 g/mol. The maximum atomic E-state index is 5.81. The number of rotatable bonds is 4. The van der Waals surface area contributed by atoms with E-state index >= 15 is 0 Å². The lowest BCUT2D eigenvalue weighted by molar-refractivity contribution is 0.341. The summed E-state index contributed by atoms with van der Waals surface area (Å²) >= 11 is 0. The fourth-order valence-electron chi connectivity index (χ4n) is 3.29. The molecule has 4 rings (SSSR count). The van der Waals surface area contributed by atoms with Gasteiger partial charge in [0.05, 0.1) is 6.04 Å². The molecule has 1 N–H and O–H groups in total. The van der Waals surface area contributed by atoms with Gasteiger partial charge in [0.15, 0.2) is 0 Å². The SMILES string of the molecule is C[C@H](NCC1=Cc2ccccc2OC1)c1nnc2n1CCCC2. The molecular weight excluding hydrogens is 288 g/mol. The van der Waals surface area contributed by atoms with Gasteiger partial charge in [-0.05, 0) is 37.5 Å². The highest BCUT2D eigenvalue weighted by atomic mass is 16.5. The van der Waals surface area contributed by atoms with E-state index in [1.165, 1.54) is 18.4 Å².